The summed E-state index contributed by atoms with van der Waals surface area (Å²) in [7, 11) is -3.43. The highest BCUT2D eigenvalue weighted by Gasteiger charge is 2.38. The summed E-state index contributed by atoms with van der Waals surface area (Å²) in [6.45, 7) is 0. The Morgan fingerprint density at radius 3 is 2.53 bits per heavy atom. The molecule has 1 aliphatic carbocycles. The quantitative estimate of drug-likeness (QED) is 0.769. The Balaban J connectivity index is 0.00000144. The molecule has 0 radical (unpaired) electrons. The van der Waals surface area contributed by atoms with Crippen molar-refractivity contribution >= 4 is 28.3 Å². The maximum atomic E-state index is 11.7. The van der Waals surface area contributed by atoms with Gasteiger partial charge in [0.1, 0.15) is 0 Å². The van der Waals surface area contributed by atoms with Crippen LogP contribution in [-0.2, 0) is 14.8 Å². The average Bonchev–Trinajstić information content (AvgIpc) is 2.58. The van der Waals surface area contributed by atoms with Gasteiger partial charge in [-0.15, -0.1) is 12.4 Å². The van der Waals surface area contributed by atoms with Gasteiger partial charge in [0.25, 0.3) is 5.91 Å². The monoisotopic (exact) mass is 282 g/mol. The summed E-state index contributed by atoms with van der Waals surface area (Å²) in [5.74, 6) is 0.140. The number of amides is 1. The van der Waals surface area contributed by atoms with Gasteiger partial charge in [-0.1, -0.05) is 12.8 Å². The molecule has 0 aromatic rings. The van der Waals surface area contributed by atoms with E-state index in [0.717, 1.165) is 25.5 Å². The van der Waals surface area contributed by atoms with Crippen molar-refractivity contribution in [1.29, 1.82) is 0 Å². The van der Waals surface area contributed by atoms with Crippen molar-refractivity contribution in [3.8, 4) is 0 Å². The van der Waals surface area contributed by atoms with Crippen LogP contribution in [-0.4, -0.2) is 32.7 Å². The molecule has 0 bridgehead atoms. The molecule has 17 heavy (non-hydrogen) atoms. The molecule has 2 rings (SSSR count). The number of hydrogen-bond donors (Lipinski definition) is 2. The number of fused-ring (bicyclic) bond motifs is 1. The third-order valence-electron chi connectivity index (χ3n) is 3.47. The van der Waals surface area contributed by atoms with Crippen LogP contribution in [0, 0.1) is 5.92 Å². The van der Waals surface area contributed by atoms with Crippen LogP contribution >= 0.6 is 12.4 Å². The van der Waals surface area contributed by atoms with Crippen molar-refractivity contribution in [3.63, 3.8) is 0 Å². The molecular weight excluding hydrogens is 264 g/mol. The van der Waals surface area contributed by atoms with E-state index in [0.29, 0.717) is 12.0 Å². The van der Waals surface area contributed by atoms with Gasteiger partial charge in [-0.25, -0.2) is 8.42 Å². The minimum Gasteiger partial charge on any atom is -0.303 e. The van der Waals surface area contributed by atoms with E-state index in [2.05, 4.69) is 5.32 Å². The fourth-order valence-corrected chi connectivity index (χ4v) is 3.28. The summed E-state index contributed by atoms with van der Waals surface area (Å²) in [6.07, 6.45) is 6.46. The molecule has 1 amide bonds. The Morgan fingerprint density at radius 1 is 1.29 bits per heavy atom. The molecule has 0 aromatic heterocycles. The first-order valence-electron chi connectivity index (χ1n) is 5.73. The zero-order valence-electron chi connectivity index (χ0n) is 9.81. The van der Waals surface area contributed by atoms with Gasteiger partial charge in [0.05, 0.1) is 12.3 Å². The predicted molar refractivity (Wildman–Crippen MR) is 67.5 cm³/mol. The largest absolute Gasteiger partial charge is 0.303 e. The summed E-state index contributed by atoms with van der Waals surface area (Å²) >= 11 is 0. The van der Waals surface area contributed by atoms with E-state index in [1.807, 2.05) is 4.72 Å². The van der Waals surface area contributed by atoms with Gasteiger partial charge in [-0.3, -0.25) is 9.52 Å². The maximum Gasteiger partial charge on any atom is 0.250 e. The van der Waals surface area contributed by atoms with Crippen molar-refractivity contribution in [2.45, 2.75) is 44.2 Å². The standard InChI is InChI=1S/C10H18N2O3S.ClH/c1-16(14,15)12-10(13)9-6-7-4-2-3-5-8(7)11-9;/h7-9,11H,2-6H2,1H3,(H,12,13);1H/t7-,8-,9?;/m0./s1. The number of sulfonamides is 1. The van der Waals surface area contributed by atoms with E-state index in [9.17, 15) is 13.2 Å². The number of rotatable bonds is 2. The molecule has 100 valence electrons. The van der Waals surface area contributed by atoms with Crippen molar-refractivity contribution < 1.29 is 13.2 Å². The van der Waals surface area contributed by atoms with E-state index >= 15 is 0 Å². The van der Waals surface area contributed by atoms with Crippen LogP contribution in [0.3, 0.4) is 0 Å². The number of hydrogen-bond acceptors (Lipinski definition) is 4. The molecule has 5 nitrogen and oxygen atoms in total. The fourth-order valence-electron chi connectivity index (χ4n) is 2.77. The number of carbonyl (C=O) groups is 1. The van der Waals surface area contributed by atoms with Crippen LogP contribution in [0.25, 0.3) is 0 Å². The zero-order chi connectivity index (χ0) is 11.8. The van der Waals surface area contributed by atoms with Crippen molar-refractivity contribution in [2.75, 3.05) is 6.26 Å². The van der Waals surface area contributed by atoms with E-state index < -0.39 is 15.9 Å². The minimum absolute atomic E-state index is 0. The highest BCUT2D eigenvalue weighted by atomic mass is 35.5. The Kier molecular flexibility index (Phi) is 4.80. The second kappa shape index (κ2) is 5.54. The summed E-state index contributed by atoms with van der Waals surface area (Å²) in [5, 5.41) is 3.24. The second-order valence-electron chi connectivity index (χ2n) is 4.84. The molecular formula is C10H19ClN2O3S. The van der Waals surface area contributed by atoms with Crippen LogP contribution in [0.15, 0.2) is 0 Å². The first-order chi connectivity index (χ1) is 7.46. The van der Waals surface area contributed by atoms with Crippen LogP contribution < -0.4 is 10.0 Å². The third kappa shape index (κ3) is 3.82. The third-order valence-corrected chi connectivity index (χ3v) is 4.04. The van der Waals surface area contributed by atoms with Gasteiger partial charge in [0, 0.05) is 6.04 Å². The van der Waals surface area contributed by atoms with Gasteiger partial charge in [0.15, 0.2) is 0 Å². The molecule has 2 fully saturated rings. The summed E-state index contributed by atoms with van der Waals surface area (Å²) in [6, 6.07) is 0.0758. The van der Waals surface area contributed by atoms with Gasteiger partial charge >= 0.3 is 0 Å². The Bertz CT molecular complexity index is 371. The van der Waals surface area contributed by atoms with Crippen LogP contribution in [0.4, 0.5) is 0 Å². The Morgan fingerprint density at radius 2 is 1.94 bits per heavy atom. The topological polar surface area (TPSA) is 75.3 Å². The van der Waals surface area contributed by atoms with Crippen molar-refractivity contribution in [3.05, 3.63) is 0 Å². The lowest BCUT2D eigenvalue weighted by Crippen LogP contribution is -2.44. The Hall–Kier alpha value is -0.330. The molecule has 1 unspecified atom stereocenters. The molecule has 0 aromatic carbocycles. The number of nitrogens with one attached hydrogen (secondary N) is 2. The fraction of sp³-hybridized carbons (Fsp3) is 0.900. The minimum atomic E-state index is -3.43. The van der Waals surface area contributed by atoms with Crippen molar-refractivity contribution in [2.24, 2.45) is 5.92 Å². The summed E-state index contributed by atoms with van der Waals surface area (Å²) in [5.41, 5.74) is 0. The molecule has 0 spiro atoms. The summed E-state index contributed by atoms with van der Waals surface area (Å²) < 4.78 is 23.9. The molecule has 1 saturated heterocycles. The SMILES string of the molecule is CS(=O)(=O)NC(=O)C1C[C@@H]2CCCC[C@@H]2N1.Cl. The maximum absolute atomic E-state index is 11.7. The van der Waals surface area contributed by atoms with Crippen molar-refractivity contribution in [1.82, 2.24) is 10.0 Å². The van der Waals surface area contributed by atoms with E-state index in [1.165, 1.54) is 12.8 Å². The first-order valence-corrected chi connectivity index (χ1v) is 7.62. The van der Waals surface area contributed by atoms with Crippen LogP contribution in [0.5, 0.6) is 0 Å². The first kappa shape index (κ1) is 14.7. The normalized spacial score (nSPS) is 32.4. The Labute approximate surface area is 108 Å². The lowest BCUT2D eigenvalue weighted by atomic mass is 9.85. The van der Waals surface area contributed by atoms with Crippen LogP contribution in [0.1, 0.15) is 32.1 Å². The van der Waals surface area contributed by atoms with Gasteiger partial charge < -0.3 is 5.32 Å². The molecule has 7 heteroatoms. The van der Waals surface area contributed by atoms with E-state index in [-0.39, 0.29) is 18.4 Å². The van der Waals surface area contributed by atoms with Gasteiger partial charge in [-0.05, 0) is 25.2 Å². The molecule has 3 atom stereocenters. The zero-order valence-corrected chi connectivity index (χ0v) is 11.4. The van der Waals surface area contributed by atoms with E-state index in [4.69, 9.17) is 0 Å². The van der Waals surface area contributed by atoms with Crippen LogP contribution in [0.2, 0.25) is 0 Å². The molecule has 1 heterocycles. The molecule has 1 aliphatic heterocycles. The lowest BCUT2D eigenvalue weighted by molar-refractivity contribution is -0.121. The summed E-state index contributed by atoms with van der Waals surface area (Å²) in [4.78, 5) is 11.7. The number of carbonyl (C=O) groups excluding carboxylic acids is 1. The molecule has 2 N–H and O–H groups in total. The number of halogens is 1. The smallest absolute Gasteiger partial charge is 0.250 e. The highest BCUT2D eigenvalue weighted by Crippen LogP contribution is 2.33. The molecule has 1 saturated carbocycles. The van der Waals surface area contributed by atoms with Gasteiger partial charge in [-0.2, -0.15) is 0 Å². The second-order valence-corrected chi connectivity index (χ2v) is 6.59. The average molecular weight is 283 g/mol. The highest BCUT2D eigenvalue weighted by molar-refractivity contribution is 7.89. The predicted octanol–water partition coefficient (Wildman–Crippen LogP) is 0.405. The lowest BCUT2D eigenvalue weighted by Gasteiger charge is -2.24. The van der Waals surface area contributed by atoms with E-state index in [1.54, 1.807) is 0 Å². The van der Waals surface area contributed by atoms with Gasteiger partial charge in [0.2, 0.25) is 10.0 Å². The molecule has 2 aliphatic rings.